The number of hydrogen-bond donors (Lipinski definition) is 2. The molecule has 2 saturated heterocycles. The first-order chi connectivity index (χ1) is 14.5. The second-order valence-electron chi connectivity index (χ2n) is 8.16. The predicted molar refractivity (Wildman–Crippen MR) is 108 cm³/mol. The minimum Gasteiger partial charge on any atom is -0.479 e. The molecule has 2 aromatic carbocycles. The second kappa shape index (κ2) is 6.86. The number of hydrogen-bond acceptors (Lipinski definition) is 4. The van der Waals surface area contributed by atoms with Gasteiger partial charge in [-0.25, -0.2) is 9.59 Å². The summed E-state index contributed by atoms with van der Waals surface area (Å²) >= 11 is 0. The number of fused-ring (bicyclic) bond motifs is 4. The van der Waals surface area contributed by atoms with Gasteiger partial charge in [0.15, 0.2) is 0 Å². The number of nitrogens with zero attached hydrogens (tertiary/aromatic N) is 1. The first-order valence-corrected chi connectivity index (χ1v) is 10.2. The largest absolute Gasteiger partial charge is 0.479 e. The molecule has 0 radical (unpaired) electrons. The number of carbonyl (C=O) groups is 3. The van der Waals surface area contributed by atoms with Crippen molar-refractivity contribution in [3.8, 4) is 11.1 Å². The second-order valence-corrected chi connectivity index (χ2v) is 8.16. The number of aliphatic carboxylic acids is 1. The highest BCUT2D eigenvalue weighted by atomic mass is 16.5. The lowest BCUT2D eigenvalue weighted by molar-refractivity contribution is -0.151. The number of amides is 2. The Morgan fingerprint density at radius 1 is 1.10 bits per heavy atom. The topological polar surface area (TPSA) is 95.9 Å². The summed E-state index contributed by atoms with van der Waals surface area (Å²) in [5.74, 6) is -1.43. The molecule has 0 bridgehead atoms. The van der Waals surface area contributed by atoms with Crippen molar-refractivity contribution in [2.24, 2.45) is 0 Å². The van der Waals surface area contributed by atoms with E-state index in [4.69, 9.17) is 4.74 Å². The van der Waals surface area contributed by atoms with Gasteiger partial charge in [0.1, 0.15) is 18.2 Å². The minimum absolute atomic E-state index is 0.0732. The molecule has 2 atom stereocenters. The van der Waals surface area contributed by atoms with Crippen LogP contribution in [0.3, 0.4) is 0 Å². The smallest absolute Gasteiger partial charge is 0.407 e. The van der Waals surface area contributed by atoms with Crippen LogP contribution in [0.5, 0.6) is 0 Å². The molecule has 2 heterocycles. The van der Waals surface area contributed by atoms with E-state index in [0.717, 1.165) is 22.3 Å². The number of nitrogens with one attached hydrogen (secondary N) is 1. The molecule has 0 spiro atoms. The molecular weight excluding hydrogens is 384 g/mol. The number of rotatable bonds is 4. The zero-order chi connectivity index (χ0) is 20.9. The predicted octanol–water partition coefficient (Wildman–Crippen LogP) is 2.74. The van der Waals surface area contributed by atoms with Crippen molar-refractivity contribution < 1.29 is 24.2 Å². The lowest BCUT2D eigenvalue weighted by atomic mass is 9.93. The molecule has 1 aliphatic carbocycles. The van der Waals surface area contributed by atoms with Crippen molar-refractivity contribution in [2.45, 2.75) is 36.8 Å². The van der Waals surface area contributed by atoms with Crippen LogP contribution < -0.4 is 5.32 Å². The summed E-state index contributed by atoms with van der Waals surface area (Å²) in [5, 5.41) is 12.2. The maximum atomic E-state index is 12.6. The van der Waals surface area contributed by atoms with Crippen LogP contribution >= 0.6 is 0 Å². The molecule has 3 aliphatic rings. The first-order valence-electron chi connectivity index (χ1n) is 10.2. The molecule has 5 rings (SSSR count). The highest BCUT2D eigenvalue weighted by Gasteiger charge is 2.58. The van der Waals surface area contributed by atoms with E-state index in [0.29, 0.717) is 19.4 Å². The van der Waals surface area contributed by atoms with Gasteiger partial charge in [0.05, 0.1) is 0 Å². The quantitative estimate of drug-likeness (QED) is 0.814. The van der Waals surface area contributed by atoms with Gasteiger partial charge in [-0.2, -0.15) is 0 Å². The van der Waals surface area contributed by atoms with Crippen LogP contribution in [0.4, 0.5) is 4.79 Å². The lowest BCUT2D eigenvalue weighted by Crippen LogP contribution is -2.47. The highest BCUT2D eigenvalue weighted by molar-refractivity contribution is 5.96. The van der Waals surface area contributed by atoms with Crippen LogP contribution in [0, 0.1) is 0 Å². The molecule has 2 fully saturated rings. The Morgan fingerprint density at radius 2 is 1.73 bits per heavy atom. The van der Waals surface area contributed by atoms with E-state index < -0.39 is 23.6 Å². The molecule has 2 aliphatic heterocycles. The third-order valence-corrected chi connectivity index (χ3v) is 6.63. The van der Waals surface area contributed by atoms with Crippen molar-refractivity contribution in [2.75, 3.05) is 13.2 Å². The van der Waals surface area contributed by atoms with Gasteiger partial charge in [-0.05, 0) is 35.1 Å². The van der Waals surface area contributed by atoms with Gasteiger partial charge in [-0.1, -0.05) is 48.5 Å². The Morgan fingerprint density at radius 3 is 2.33 bits per heavy atom. The fourth-order valence-corrected chi connectivity index (χ4v) is 5.23. The number of carbonyl (C=O) groups excluding carboxylic acids is 2. The minimum atomic E-state index is -1.20. The molecule has 30 heavy (non-hydrogen) atoms. The van der Waals surface area contributed by atoms with Gasteiger partial charge < -0.3 is 20.1 Å². The van der Waals surface area contributed by atoms with Gasteiger partial charge in [-0.15, -0.1) is 0 Å². The molecule has 7 nitrogen and oxygen atoms in total. The summed E-state index contributed by atoms with van der Waals surface area (Å²) < 4.78 is 5.50. The summed E-state index contributed by atoms with van der Waals surface area (Å²) in [7, 11) is 0. The fourth-order valence-electron chi connectivity index (χ4n) is 5.23. The molecule has 2 amide bonds. The van der Waals surface area contributed by atoms with Gasteiger partial charge >= 0.3 is 12.1 Å². The number of ether oxygens (including phenoxy) is 1. The van der Waals surface area contributed by atoms with Crippen molar-refractivity contribution >= 4 is 18.0 Å². The van der Waals surface area contributed by atoms with Crippen LogP contribution in [-0.2, 0) is 14.3 Å². The lowest BCUT2D eigenvalue weighted by Gasteiger charge is -2.26. The van der Waals surface area contributed by atoms with Crippen molar-refractivity contribution in [3.05, 3.63) is 59.7 Å². The summed E-state index contributed by atoms with van der Waals surface area (Å²) in [5.41, 5.74) is 3.29. The Labute approximate surface area is 173 Å². The number of carboxylic acid groups (broad SMARTS) is 1. The fraction of sp³-hybridized carbons (Fsp3) is 0.348. The van der Waals surface area contributed by atoms with Crippen LogP contribution in [0.2, 0.25) is 0 Å². The van der Waals surface area contributed by atoms with E-state index in [1.54, 1.807) is 0 Å². The molecular formula is C23H22N2O5. The number of benzene rings is 2. The molecule has 7 heteroatoms. The zero-order valence-electron chi connectivity index (χ0n) is 16.3. The van der Waals surface area contributed by atoms with E-state index >= 15 is 0 Å². The number of alkyl carbamates (subject to hydrolysis) is 1. The third kappa shape index (κ3) is 2.69. The van der Waals surface area contributed by atoms with Gasteiger partial charge in [0.2, 0.25) is 5.91 Å². The average Bonchev–Trinajstić information content (AvgIpc) is 3.38. The maximum Gasteiger partial charge on any atom is 0.407 e. The molecule has 0 saturated carbocycles. The Kier molecular flexibility index (Phi) is 4.27. The normalized spacial score (nSPS) is 24.3. The van der Waals surface area contributed by atoms with Crippen molar-refractivity contribution in [1.29, 1.82) is 0 Å². The van der Waals surface area contributed by atoms with Crippen LogP contribution in [-0.4, -0.2) is 52.7 Å². The van der Waals surface area contributed by atoms with Crippen LogP contribution in [0.1, 0.15) is 36.3 Å². The van der Waals surface area contributed by atoms with E-state index in [1.165, 1.54) is 4.90 Å². The SMILES string of the molecule is O=C(N[C@@H]1C[C@@]2(C(=O)O)CCCN2C1=O)OCC1c2ccccc2-c2ccccc21. The van der Waals surface area contributed by atoms with Gasteiger partial charge in [0, 0.05) is 18.9 Å². The molecule has 0 unspecified atom stereocenters. The Bertz CT molecular complexity index is 1010. The van der Waals surface area contributed by atoms with Crippen molar-refractivity contribution in [1.82, 2.24) is 10.2 Å². The monoisotopic (exact) mass is 406 g/mol. The van der Waals surface area contributed by atoms with E-state index in [9.17, 15) is 19.5 Å². The summed E-state index contributed by atoms with van der Waals surface area (Å²) in [6.07, 6.45) is 0.454. The molecule has 154 valence electrons. The zero-order valence-corrected chi connectivity index (χ0v) is 16.3. The Balaban J connectivity index is 1.28. The highest BCUT2D eigenvalue weighted by Crippen LogP contribution is 2.44. The summed E-state index contributed by atoms with van der Waals surface area (Å²) in [6.45, 7) is 0.558. The van der Waals surface area contributed by atoms with Gasteiger partial charge in [0.25, 0.3) is 0 Å². The summed E-state index contributed by atoms with van der Waals surface area (Å²) in [4.78, 5) is 38.2. The average molecular weight is 406 g/mol. The van der Waals surface area contributed by atoms with E-state index in [1.807, 2.05) is 36.4 Å². The first kappa shape index (κ1) is 18.7. The molecule has 0 aromatic heterocycles. The maximum absolute atomic E-state index is 12.6. The van der Waals surface area contributed by atoms with E-state index in [-0.39, 0.29) is 24.9 Å². The van der Waals surface area contributed by atoms with Crippen LogP contribution in [0.15, 0.2) is 48.5 Å². The molecule has 2 aromatic rings. The third-order valence-electron chi connectivity index (χ3n) is 6.63. The molecule has 2 N–H and O–H groups in total. The van der Waals surface area contributed by atoms with E-state index in [2.05, 4.69) is 17.4 Å². The van der Waals surface area contributed by atoms with Crippen molar-refractivity contribution in [3.63, 3.8) is 0 Å². The summed E-state index contributed by atoms with van der Waals surface area (Å²) in [6, 6.07) is 15.2. The Hall–Kier alpha value is -3.35. The van der Waals surface area contributed by atoms with Crippen LogP contribution in [0.25, 0.3) is 11.1 Å². The van der Waals surface area contributed by atoms with Gasteiger partial charge in [-0.3, -0.25) is 4.79 Å². The standard InChI is InChI=1S/C23H22N2O5/c26-20-19(12-23(21(27)28)10-5-11-25(20)23)24-22(29)30-13-18-16-8-3-1-6-14(16)15-7-2-4-9-17(15)18/h1-4,6-9,18-19H,5,10-13H2,(H,24,29)(H,27,28)/t19-,23-/m1/s1. The number of carboxylic acids is 1.